The van der Waals surface area contributed by atoms with Gasteiger partial charge in [0.15, 0.2) is 0 Å². The summed E-state index contributed by atoms with van der Waals surface area (Å²) in [5, 5.41) is 3.64. The summed E-state index contributed by atoms with van der Waals surface area (Å²) >= 11 is 1.78. The van der Waals surface area contributed by atoms with Gasteiger partial charge >= 0.3 is 0 Å². The summed E-state index contributed by atoms with van der Waals surface area (Å²) in [6.07, 6.45) is 4.45. The maximum absolute atomic E-state index is 5.46. The molecule has 1 fully saturated rings. The smallest absolute Gasteiger partial charge is 0.122 e. The number of hydrogen-bond donors (Lipinski definition) is 1. The van der Waals surface area contributed by atoms with E-state index < -0.39 is 0 Å². The van der Waals surface area contributed by atoms with Gasteiger partial charge in [0.25, 0.3) is 0 Å². The lowest BCUT2D eigenvalue weighted by Crippen LogP contribution is -2.34. The first-order chi connectivity index (χ1) is 10.3. The number of para-hydroxylation sites is 1. The Morgan fingerprint density at radius 2 is 1.90 bits per heavy atom. The van der Waals surface area contributed by atoms with Crippen LogP contribution >= 0.6 is 11.8 Å². The lowest BCUT2D eigenvalue weighted by Gasteiger charge is -2.37. The fraction of sp³-hybridized carbons (Fsp3) is 0.333. The van der Waals surface area contributed by atoms with E-state index in [1.165, 1.54) is 29.0 Å². The second-order valence-corrected chi connectivity index (χ2v) is 6.36. The third-order valence-corrected chi connectivity index (χ3v) is 4.88. The zero-order valence-electron chi connectivity index (χ0n) is 12.5. The van der Waals surface area contributed by atoms with Crippen LogP contribution in [-0.2, 0) is 0 Å². The van der Waals surface area contributed by atoms with Crippen LogP contribution in [0.4, 0.5) is 5.69 Å². The Balaban J connectivity index is 1.60. The maximum atomic E-state index is 5.46. The summed E-state index contributed by atoms with van der Waals surface area (Å²) in [6, 6.07) is 17.6. The second-order valence-electron chi connectivity index (χ2n) is 5.48. The first-order valence-electron chi connectivity index (χ1n) is 7.33. The van der Waals surface area contributed by atoms with Crippen molar-refractivity contribution in [3.63, 3.8) is 0 Å². The van der Waals surface area contributed by atoms with Crippen LogP contribution in [0.15, 0.2) is 53.4 Å². The monoisotopic (exact) mass is 299 g/mol. The van der Waals surface area contributed by atoms with Crippen LogP contribution in [-0.4, -0.2) is 19.4 Å². The zero-order valence-corrected chi connectivity index (χ0v) is 13.3. The molecular formula is C18H21NOS. The minimum absolute atomic E-state index is 0.567. The molecule has 0 aromatic heterocycles. The Morgan fingerprint density at radius 1 is 1.10 bits per heavy atom. The van der Waals surface area contributed by atoms with Crippen LogP contribution in [0, 0.1) is 0 Å². The van der Waals surface area contributed by atoms with Gasteiger partial charge in [-0.3, -0.25) is 0 Å². The molecule has 0 unspecified atom stereocenters. The third kappa shape index (κ3) is 3.18. The van der Waals surface area contributed by atoms with Crippen molar-refractivity contribution in [1.29, 1.82) is 0 Å². The summed E-state index contributed by atoms with van der Waals surface area (Å²) in [5.41, 5.74) is 2.57. The highest BCUT2D eigenvalue weighted by molar-refractivity contribution is 7.98. The van der Waals surface area contributed by atoms with Crippen molar-refractivity contribution in [2.45, 2.75) is 29.7 Å². The molecule has 1 aliphatic carbocycles. The highest BCUT2D eigenvalue weighted by atomic mass is 32.2. The molecule has 0 atom stereocenters. The van der Waals surface area contributed by atoms with E-state index in [-0.39, 0.29) is 0 Å². The van der Waals surface area contributed by atoms with Gasteiger partial charge in [0.1, 0.15) is 5.75 Å². The third-order valence-electron chi connectivity index (χ3n) is 4.16. The quantitative estimate of drug-likeness (QED) is 0.803. The van der Waals surface area contributed by atoms with E-state index in [0.29, 0.717) is 12.0 Å². The van der Waals surface area contributed by atoms with Crippen LogP contribution in [0.2, 0.25) is 0 Å². The number of rotatable bonds is 5. The first-order valence-corrected chi connectivity index (χ1v) is 8.56. The van der Waals surface area contributed by atoms with Gasteiger partial charge in [0, 0.05) is 16.6 Å². The molecule has 0 heterocycles. The van der Waals surface area contributed by atoms with Gasteiger partial charge in [-0.15, -0.1) is 11.8 Å². The van der Waals surface area contributed by atoms with Gasteiger partial charge in [-0.05, 0) is 54.8 Å². The predicted molar refractivity (Wildman–Crippen MR) is 90.6 cm³/mol. The SMILES string of the molecule is COc1ccccc1C1CC(Nc2cccc(SC)c2)C1. The molecule has 2 aromatic carbocycles. The Labute approximate surface area is 130 Å². The van der Waals surface area contributed by atoms with Crippen molar-refractivity contribution in [3.05, 3.63) is 54.1 Å². The first kappa shape index (κ1) is 14.3. The molecule has 21 heavy (non-hydrogen) atoms. The molecule has 0 aliphatic heterocycles. The highest BCUT2D eigenvalue weighted by Crippen LogP contribution is 2.42. The minimum Gasteiger partial charge on any atom is -0.496 e. The predicted octanol–water partition coefficient (Wildman–Crippen LogP) is 4.78. The average molecular weight is 299 g/mol. The number of ether oxygens (including phenoxy) is 1. The van der Waals surface area contributed by atoms with E-state index in [2.05, 4.69) is 54.0 Å². The van der Waals surface area contributed by atoms with Crippen molar-refractivity contribution in [3.8, 4) is 5.75 Å². The summed E-state index contributed by atoms with van der Waals surface area (Å²) in [4.78, 5) is 1.31. The van der Waals surface area contributed by atoms with Crippen LogP contribution in [0.25, 0.3) is 0 Å². The molecule has 110 valence electrons. The molecule has 2 aromatic rings. The van der Waals surface area contributed by atoms with Crippen molar-refractivity contribution < 1.29 is 4.74 Å². The lowest BCUT2D eigenvalue weighted by atomic mass is 9.75. The van der Waals surface area contributed by atoms with Crippen molar-refractivity contribution in [1.82, 2.24) is 0 Å². The molecule has 1 saturated carbocycles. The van der Waals surface area contributed by atoms with Gasteiger partial charge in [-0.25, -0.2) is 0 Å². The van der Waals surface area contributed by atoms with E-state index in [9.17, 15) is 0 Å². The van der Waals surface area contributed by atoms with Crippen LogP contribution < -0.4 is 10.1 Å². The molecule has 0 saturated heterocycles. The molecule has 0 bridgehead atoms. The number of hydrogen-bond acceptors (Lipinski definition) is 3. The molecule has 3 rings (SSSR count). The molecule has 3 heteroatoms. The molecule has 1 aliphatic rings. The molecule has 0 radical (unpaired) electrons. The molecule has 2 nitrogen and oxygen atoms in total. The Morgan fingerprint density at radius 3 is 2.67 bits per heavy atom. The van der Waals surface area contributed by atoms with E-state index in [1.54, 1.807) is 18.9 Å². The van der Waals surface area contributed by atoms with Gasteiger partial charge in [-0.2, -0.15) is 0 Å². The standard InChI is InChI=1S/C18H21NOS/c1-20-18-9-4-3-8-17(18)13-10-15(11-13)19-14-6-5-7-16(12-14)21-2/h3-9,12-13,15,19H,10-11H2,1-2H3. The van der Waals surface area contributed by atoms with Crippen molar-refractivity contribution in [2.24, 2.45) is 0 Å². The van der Waals surface area contributed by atoms with E-state index >= 15 is 0 Å². The molecule has 1 N–H and O–H groups in total. The van der Waals surface area contributed by atoms with Gasteiger partial charge in [0.2, 0.25) is 0 Å². The van der Waals surface area contributed by atoms with Gasteiger partial charge in [0.05, 0.1) is 7.11 Å². The van der Waals surface area contributed by atoms with Crippen LogP contribution in [0.1, 0.15) is 24.3 Å². The Hall–Kier alpha value is -1.61. The van der Waals surface area contributed by atoms with E-state index in [4.69, 9.17) is 4.74 Å². The largest absolute Gasteiger partial charge is 0.496 e. The number of anilines is 1. The van der Waals surface area contributed by atoms with Crippen LogP contribution in [0.3, 0.4) is 0 Å². The summed E-state index contributed by atoms with van der Waals surface area (Å²) in [7, 11) is 1.75. The minimum atomic E-state index is 0.567. The Bertz CT molecular complexity index is 608. The normalized spacial score (nSPS) is 20.7. The lowest BCUT2D eigenvalue weighted by molar-refractivity contribution is 0.350. The van der Waals surface area contributed by atoms with Crippen LogP contribution in [0.5, 0.6) is 5.75 Å². The highest BCUT2D eigenvalue weighted by Gasteiger charge is 2.31. The molecule has 0 amide bonds. The Kier molecular flexibility index (Phi) is 4.39. The maximum Gasteiger partial charge on any atom is 0.122 e. The van der Waals surface area contributed by atoms with E-state index in [0.717, 1.165) is 5.75 Å². The van der Waals surface area contributed by atoms with Gasteiger partial charge in [-0.1, -0.05) is 24.3 Å². The summed E-state index contributed by atoms with van der Waals surface area (Å²) < 4.78 is 5.46. The van der Waals surface area contributed by atoms with Crippen molar-refractivity contribution in [2.75, 3.05) is 18.7 Å². The average Bonchev–Trinajstić information content (AvgIpc) is 2.50. The number of nitrogens with one attached hydrogen (secondary N) is 1. The van der Waals surface area contributed by atoms with Gasteiger partial charge < -0.3 is 10.1 Å². The zero-order chi connectivity index (χ0) is 14.7. The topological polar surface area (TPSA) is 21.3 Å². The number of thioether (sulfide) groups is 1. The van der Waals surface area contributed by atoms with E-state index in [1.807, 2.05) is 6.07 Å². The summed E-state index contributed by atoms with van der Waals surface area (Å²) in [5.74, 6) is 1.63. The second kappa shape index (κ2) is 6.44. The molecule has 0 spiro atoms. The number of benzene rings is 2. The fourth-order valence-electron chi connectivity index (χ4n) is 2.94. The number of methoxy groups -OCH3 is 1. The molecular weight excluding hydrogens is 278 g/mol. The van der Waals surface area contributed by atoms with Crippen molar-refractivity contribution >= 4 is 17.4 Å². The summed E-state index contributed by atoms with van der Waals surface area (Å²) in [6.45, 7) is 0. The fourth-order valence-corrected chi connectivity index (χ4v) is 3.40.